The quantitative estimate of drug-likeness (QED) is 0.762. The van der Waals surface area contributed by atoms with E-state index in [0.717, 1.165) is 5.56 Å². The third-order valence-electron chi connectivity index (χ3n) is 3.15. The maximum absolute atomic E-state index is 12.5. The molecule has 1 aromatic rings. The van der Waals surface area contributed by atoms with Crippen LogP contribution in [0, 0.1) is 6.92 Å². The van der Waals surface area contributed by atoms with E-state index in [0.29, 0.717) is 0 Å². The smallest absolute Gasteiger partial charge is 0.336 e. The third kappa shape index (κ3) is 3.00. The Bertz CT molecular complexity index is 581. The van der Waals surface area contributed by atoms with Gasteiger partial charge in [0.2, 0.25) is 10.0 Å². The Morgan fingerprint density at radius 2 is 2.00 bits per heavy atom. The second kappa shape index (κ2) is 5.90. The minimum absolute atomic E-state index is 0.0249. The molecular formula is C13H17NO5S. The van der Waals surface area contributed by atoms with Crippen LogP contribution in [-0.2, 0) is 24.3 Å². The second-order valence-corrected chi connectivity index (χ2v) is 6.50. The van der Waals surface area contributed by atoms with Crippen molar-refractivity contribution in [3.8, 4) is 0 Å². The molecule has 1 aromatic carbocycles. The van der Waals surface area contributed by atoms with Gasteiger partial charge in [0.05, 0.1) is 25.2 Å². The molecule has 0 radical (unpaired) electrons. The molecule has 0 spiro atoms. The largest absolute Gasteiger partial charge is 0.467 e. The first kappa shape index (κ1) is 15.0. The summed E-state index contributed by atoms with van der Waals surface area (Å²) in [6.45, 7) is 2.26. The van der Waals surface area contributed by atoms with Crippen LogP contribution in [0.1, 0.15) is 5.56 Å². The molecular weight excluding hydrogens is 282 g/mol. The Balaban J connectivity index is 2.21. The summed E-state index contributed by atoms with van der Waals surface area (Å²) >= 11 is 0. The van der Waals surface area contributed by atoms with Crippen LogP contribution < -0.4 is 0 Å². The molecule has 0 aliphatic carbocycles. The number of hydrogen-bond donors (Lipinski definition) is 0. The maximum atomic E-state index is 12.5. The molecule has 0 amide bonds. The molecule has 7 heteroatoms. The predicted molar refractivity (Wildman–Crippen MR) is 71.7 cm³/mol. The summed E-state index contributed by atoms with van der Waals surface area (Å²) < 4.78 is 36.0. The van der Waals surface area contributed by atoms with Crippen molar-refractivity contribution in [2.75, 3.05) is 26.8 Å². The summed E-state index contributed by atoms with van der Waals surface area (Å²) in [5, 5.41) is 0. The number of carbonyl (C=O) groups is 1. The lowest BCUT2D eigenvalue weighted by molar-refractivity contribution is -0.157. The molecule has 110 valence electrons. The van der Waals surface area contributed by atoms with Gasteiger partial charge in [0.1, 0.15) is 0 Å². The van der Waals surface area contributed by atoms with Crippen molar-refractivity contribution in [1.82, 2.24) is 4.31 Å². The number of rotatable bonds is 3. The lowest BCUT2D eigenvalue weighted by Gasteiger charge is -2.30. The van der Waals surface area contributed by atoms with Gasteiger partial charge in [0.15, 0.2) is 6.10 Å². The summed E-state index contributed by atoms with van der Waals surface area (Å²) in [5.74, 6) is -0.561. The van der Waals surface area contributed by atoms with Crippen molar-refractivity contribution >= 4 is 16.0 Å². The van der Waals surface area contributed by atoms with Gasteiger partial charge in [-0.15, -0.1) is 0 Å². The van der Waals surface area contributed by atoms with Crippen molar-refractivity contribution in [3.05, 3.63) is 29.8 Å². The highest BCUT2D eigenvalue weighted by molar-refractivity contribution is 7.89. The molecule has 1 aliphatic rings. The van der Waals surface area contributed by atoms with Crippen LogP contribution in [0.2, 0.25) is 0 Å². The Labute approximate surface area is 118 Å². The van der Waals surface area contributed by atoms with E-state index in [9.17, 15) is 13.2 Å². The molecule has 0 aromatic heterocycles. The van der Waals surface area contributed by atoms with Crippen molar-refractivity contribution in [2.45, 2.75) is 17.9 Å². The molecule has 1 unspecified atom stereocenters. The molecule has 0 bridgehead atoms. The number of benzene rings is 1. The van der Waals surface area contributed by atoms with Crippen LogP contribution in [-0.4, -0.2) is 51.6 Å². The molecule has 1 atom stereocenters. The molecule has 2 rings (SSSR count). The standard InChI is InChI=1S/C13H17NO5S/c1-10-3-5-11(6-4-10)20(16,17)14-7-8-19-12(9-14)13(15)18-2/h3-6,12H,7-9H2,1-2H3. The molecule has 1 aliphatic heterocycles. The van der Waals surface area contributed by atoms with Gasteiger partial charge in [0.25, 0.3) is 0 Å². The summed E-state index contributed by atoms with van der Waals surface area (Å²) in [6.07, 6.45) is -0.867. The Kier molecular flexibility index (Phi) is 4.42. The van der Waals surface area contributed by atoms with E-state index >= 15 is 0 Å². The first-order valence-electron chi connectivity index (χ1n) is 6.21. The molecule has 0 N–H and O–H groups in total. The normalized spacial score (nSPS) is 20.6. The van der Waals surface area contributed by atoms with Gasteiger partial charge < -0.3 is 9.47 Å². The summed E-state index contributed by atoms with van der Waals surface area (Å²) in [5.41, 5.74) is 0.985. The topological polar surface area (TPSA) is 72.9 Å². The SMILES string of the molecule is COC(=O)C1CN(S(=O)(=O)c2ccc(C)cc2)CCO1. The number of sulfonamides is 1. The van der Waals surface area contributed by atoms with Gasteiger partial charge in [-0.1, -0.05) is 17.7 Å². The number of methoxy groups -OCH3 is 1. The highest BCUT2D eigenvalue weighted by Crippen LogP contribution is 2.19. The fourth-order valence-electron chi connectivity index (χ4n) is 1.98. The minimum Gasteiger partial charge on any atom is -0.467 e. The first-order valence-corrected chi connectivity index (χ1v) is 7.65. The monoisotopic (exact) mass is 299 g/mol. The lowest BCUT2D eigenvalue weighted by Crippen LogP contribution is -2.48. The Morgan fingerprint density at radius 3 is 2.60 bits per heavy atom. The molecule has 0 saturated carbocycles. The van der Waals surface area contributed by atoms with Crippen molar-refractivity contribution in [3.63, 3.8) is 0 Å². The number of hydrogen-bond acceptors (Lipinski definition) is 5. The van der Waals surface area contributed by atoms with Crippen LogP contribution in [0.4, 0.5) is 0 Å². The van der Waals surface area contributed by atoms with Gasteiger partial charge in [-0.05, 0) is 19.1 Å². The molecule has 6 nitrogen and oxygen atoms in total. The Morgan fingerprint density at radius 1 is 1.35 bits per heavy atom. The average molecular weight is 299 g/mol. The molecule has 20 heavy (non-hydrogen) atoms. The van der Waals surface area contributed by atoms with Crippen molar-refractivity contribution in [1.29, 1.82) is 0 Å². The molecule has 1 heterocycles. The average Bonchev–Trinajstić information content (AvgIpc) is 2.47. The van der Waals surface area contributed by atoms with Crippen LogP contribution in [0.3, 0.4) is 0 Å². The zero-order chi connectivity index (χ0) is 14.8. The highest BCUT2D eigenvalue weighted by atomic mass is 32.2. The van der Waals surface area contributed by atoms with E-state index in [4.69, 9.17) is 4.74 Å². The van der Waals surface area contributed by atoms with Gasteiger partial charge in [-0.25, -0.2) is 13.2 Å². The number of aryl methyl sites for hydroxylation is 1. The summed E-state index contributed by atoms with van der Waals surface area (Å²) in [6, 6.07) is 6.61. The van der Waals surface area contributed by atoms with Gasteiger partial charge in [-0.3, -0.25) is 0 Å². The minimum atomic E-state index is -3.61. The van der Waals surface area contributed by atoms with Crippen LogP contribution in [0.25, 0.3) is 0 Å². The van der Waals surface area contributed by atoms with E-state index in [1.54, 1.807) is 24.3 Å². The van der Waals surface area contributed by atoms with Crippen LogP contribution in [0.15, 0.2) is 29.2 Å². The maximum Gasteiger partial charge on any atom is 0.336 e. The van der Waals surface area contributed by atoms with E-state index in [2.05, 4.69) is 4.74 Å². The van der Waals surface area contributed by atoms with Crippen molar-refractivity contribution in [2.24, 2.45) is 0 Å². The Hall–Kier alpha value is -1.44. The summed E-state index contributed by atoms with van der Waals surface area (Å²) in [7, 11) is -2.36. The zero-order valence-corrected chi connectivity index (χ0v) is 12.2. The van der Waals surface area contributed by atoms with E-state index in [-0.39, 0.29) is 24.6 Å². The van der Waals surface area contributed by atoms with E-state index < -0.39 is 22.1 Å². The first-order chi connectivity index (χ1) is 9.45. The van der Waals surface area contributed by atoms with Crippen molar-refractivity contribution < 1.29 is 22.7 Å². The third-order valence-corrected chi connectivity index (χ3v) is 5.03. The second-order valence-electron chi connectivity index (χ2n) is 4.56. The highest BCUT2D eigenvalue weighted by Gasteiger charge is 2.34. The summed E-state index contributed by atoms with van der Waals surface area (Å²) in [4.78, 5) is 11.7. The van der Waals surface area contributed by atoms with Gasteiger partial charge in [0, 0.05) is 6.54 Å². The van der Waals surface area contributed by atoms with E-state index in [1.807, 2.05) is 6.92 Å². The predicted octanol–water partition coefficient (Wildman–Crippen LogP) is 0.558. The van der Waals surface area contributed by atoms with Crippen LogP contribution >= 0.6 is 0 Å². The number of esters is 1. The van der Waals surface area contributed by atoms with Crippen LogP contribution in [0.5, 0.6) is 0 Å². The van der Waals surface area contributed by atoms with Gasteiger partial charge >= 0.3 is 5.97 Å². The lowest BCUT2D eigenvalue weighted by atomic mass is 10.2. The van der Waals surface area contributed by atoms with E-state index in [1.165, 1.54) is 11.4 Å². The zero-order valence-electron chi connectivity index (χ0n) is 11.4. The number of morpholine rings is 1. The number of carbonyl (C=O) groups excluding carboxylic acids is 1. The fourth-order valence-corrected chi connectivity index (χ4v) is 3.40. The number of ether oxygens (including phenoxy) is 2. The number of nitrogens with zero attached hydrogens (tertiary/aromatic N) is 1. The molecule has 1 fully saturated rings. The fraction of sp³-hybridized carbons (Fsp3) is 0.462. The van der Waals surface area contributed by atoms with Gasteiger partial charge in [-0.2, -0.15) is 4.31 Å². The molecule has 1 saturated heterocycles.